The van der Waals surface area contributed by atoms with E-state index in [1.54, 1.807) is 24.3 Å². The van der Waals surface area contributed by atoms with Crippen LogP contribution in [0.1, 0.15) is 19.8 Å². The fourth-order valence-corrected chi connectivity index (χ4v) is 3.22. The molecule has 0 aliphatic carbocycles. The summed E-state index contributed by atoms with van der Waals surface area (Å²) in [5.41, 5.74) is -0.776. The van der Waals surface area contributed by atoms with Gasteiger partial charge in [0.05, 0.1) is 16.8 Å². The normalized spacial score (nSPS) is 20.6. The molecule has 2 N–H and O–H groups in total. The third kappa shape index (κ3) is 3.19. The van der Waals surface area contributed by atoms with Crippen LogP contribution in [0.3, 0.4) is 0 Å². The Morgan fingerprint density at radius 2 is 1.96 bits per heavy atom. The molecule has 1 aliphatic heterocycles. The number of carbonyl (C=O) groups is 2. The number of likely N-dealkylation sites (tertiary alicyclic amines) is 1. The standard InChI is InChI=1S/C17H19N3O5/c1-10-6-7-11(16(23)24)8-19(10)14(21)9-20-15(22)12-4-2-3-5-13(12)18-17(20)25/h2-5,10-11H,6-9H2,1H3,(H,18,25)(H,23,24). The third-order valence-corrected chi connectivity index (χ3v) is 4.73. The second-order valence-corrected chi connectivity index (χ2v) is 6.37. The maximum Gasteiger partial charge on any atom is 0.329 e. The van der Waals surface area contributed by atoms with Gasteiger partial charge in [-0.15, -0.1) is 0 Å². The maximum atomic E-state index is 12.6. The number of rotatable bonds is 3. The van der Waals surface area contributed by atoms with Gasteiger partial charge in [-0.25, -0.2) is 4.79 Å². The highest BCUT2D eigenvalue weighted by atomic mass is 16.4. The quantitative estimate of drug-likeness (QED) is 0.836. The van der Waals surface area contributed by atoms with Crippen molar-refractivity contribution in [3.05, 3.63) is 45.1 Å². The Balaban J connectivity index is 1.90. The van der Waals surface area contributed by atoms with Crippen molar-refractivity contribution in [3.63, 3.8) is 0 Å². The molecular weight excluding hydrogens is 326 g/mol. The largest absolute Gasteiger partial charge is 0.481 e. The zero-order valence-corrected chi connectivity index (χ0v) is 13.8. The van der Waals surface area contributed by atoms with Crippen molar-refractivity contribution in [2.75, 3.05) is 6.54 Å². The predicted octanol–water partition coefficient (Wildman–Crippen LogP) is 0.401. The van der Waals surface area contributed by atoms with Crippen LogP contribution in [0.25, 0.3) is 10.9 Å². The van der Waals surface area contributed by atoms with Crippen LogP contribution < -0.4 is 11.2 Å². The highest BCUT2D eigenvalue weighted by Crippen LogP contribution is 2.22. The topological polar surface area (TPSA) is 112 Å². The number of aromatic nitrogens is 2. The van der Waals surface area contributed by atoms with E-state index in [0.717, 1.165) is 4.57 Å². The number of benzene rings is 1. The van der Waals surface area contributed by atoms with E-state index in [4.69, 9.17) is 0 Å². The highest BCUT2D eigenvalue weighted by molar-refractivity contribution is 5.80. The molecular formula is C17H19N3O5. The Morgan fingerprint density at radius 3 is 2.68 bits per heavy atom. The van der Waals surface area contributed by atoms with Crippen molar-refractivity contribution in [1.29, 1.82) is 0 Å². The average molecular weight is 345 g/mol. The Kier molecular flexibility index (Phi) is 4.43. The molecule has 2 unspecified atom stereocenters. The van der Waals surface area contributed by atoms with Crippen molar-refractivity contribution < 1.29 is 14.7 Å². The SMILES string of the molecule is CC1CCC(C(=O)O)CN1C(=O)Cn1c(=O)[nH]c2ccccc2c1=O. The van der Waals surface area contributed by atoms with Crippen LogP contribution in [-0.4, -0.2) is 44.0 Å². The number of amides is 1. The lowest BCUT2D eigenvalue weighted by molar-refractivity contribution is -0.147. The monoisotopic (exact) mass is 345 g/mol. The summed E-state index contributed by atoms with van der Waals surface area (Å²) in [4.78, 5) is 52.5. The summed E-state index contributed by atoms with van der Waals surface area (Å²) in [5.74, 6) is -1.99. The first kappa shape index (κ1) is 16.9. The van der Waals surface area contributed by atoms with Crippen LogP contribution in [-0.2, 0) is 16.1 Å². The van der Waals surface area contributed by atoms with Gasteiger partial charge in [0, 0.05) is 12.6 Å². The van der Waals surface area contributed by atoms with Gasteiger partial charge in [-0.05, 0) is 31.9 Å². The molecule has 1 aliphatic rings. The lowest BCUT2D eigenvalue weighted by Gasteiger charge is -2.36. The summed E-state index contributed by atoms with van der Waals surface area (Å²) in [6.07, 6.45) is 1.09. The van der Waals surface area contributed by atoms with Crippen molar-refractivity contribution in [2.24, 2.45) is 5.92 Å². The summed E-state index contributed by atoms with van der Waals surface area (Å²) >= 11 is 0. The lowest BCUT2D eigenvalue weighted by atomic mass is 9.93. The van der Waals surface area contributed by atoms with Crippen LogP contribution in [0.15, 0.2) is 33.9 Å². The molecule has 8 nitrogen and oxygen atoms in total. The van der Waals surface area contributed by atoms with Gasteiger partial charge >= 0.3 is 11.7 Å². The van der Waals surface area contributed by atoms with E-state index in [2.05, 4.69) is 4.98 Å². The smallest absolute Gasteiger partial charge is 0.329 e. The lowest BCUT2D eigenvalue weighted by Crippen LogP contribution is -2.50. The molecule has 1 amide bonds. The van der Waals surface area contributed by atoms with E-state index in [0.29, 0.717) is 23.7 Å². The molecule has 0 saturated carbocycles. The number of para-hydroxylation sites is 1. The average Bonchev–Trinajstić information content (AvgIpc) is 2.58. The molecule has 2 atom stereocenters. The van der Waals surface area contributed by atoms with Gasteiger partial charge in [0.25, 0.3) is 5.56 Å². The molecule has 25 heavy (non-hydrogen) atoms. The number of piperidine rings is 1. The molecule has 2 heterocycles. The maximum absolute atomic E-state index is 12.6. The molecule has 1 aromatic heterocycles. The fraction of sp³-hybridized carbons (Fsp3) is 0.412. The van der Waals surface area contributed by atoms with Crippen molar-refractivity contribution in [3.8, 4) is 0 Å². The van der Waals surface area contributed by atoms with Crippen LogP contribution in [0.5, 0.6) is 0 Å². The van der Waals surface area contributed by atoms with Gasteiger partial charge in [0.15, 0.2) is 0 Å². The van der Waals surface area contributed by atoms with Crippen LogP contribution in [0.4, 0.5) is 0 Å². The summed E-state index contributed by atoms with van der Waals surface area (Å²) in [5, 5.41) is 9.50. The Hall–Kier alpha value is -2.90. The second kappa shape index (κ2) is 6.54. The second-order valence-electron chi connectivity index (χ2n) is 6.37. The fourth-order valence-electron chi connectivity index (χ4n) is 3.22. The molecule has 2 aromatic rings. The van der Waals surface area contributed by atoms with E-state index in [-0.39, 0.29) is 12.6 Å². The number of nitrogens with zero attached hydrogens (tertiary/aromatic N) is 2. The molecule has 0 bridgehead atoms. The Labute approximate surface area is 142 Å². The van der Waals surface area contributed by atoms with E-state index in [1.807, 2.05) is 6.92 Å². The molecule has 1 fully saturated rings. The number of fused-ring (bicyclic) bond motifs is 1. The van der Waals surface area contributed by atoms with Gasteiger partial charge in [-0.1, -0.05) is 12.1 Å². The zero-order valence-electron chi connectivity index (χ0n) is 13.8. The van der Waals surface area contributed by atoms with Gasteiger partial charge < -0.3 is 15.0 Å². The summed E-state index contributed by atoms with van der Waals surface area (Å²) in [7, 11) is 0. The number of H-pyrrole nitrogens is 1. The minimum absolute atomic E-state index is 0.0928. The van der Waals surface area contributed by atoms with Crippen LogP contribution in [0, 0.1) is 5.92 Å². The zero-order chi connectivity index (χ0) is 18.1. The molecule has 3 rings (SSSR count). The first-order valence-electron chi connectivity index (χ1n) is 8.12. The number of nitrogens with one attached hydrogen (secondary N) is 1. The van der Waals surface area contributed by atoms with Gasteiger partial charge in [0.1, 0.15) is 6.54 Å². The van der Waals surface area contributed by atoms with E-state index >= 15 is 0 Å². The molecule has 8 heteroatoms. The Bertz CT molecular complexity index is 945. The van der Waals surface area contributed by atoms with Gasteiger partial charge in [-0.3, -0.25) is 19.0 Å². The number of aliphatic carboxylic acids is 1. The number of hydrogen-bond donors (Lipinski definition) is 2. The molecule has 0 radical (unpaired) electrons. The minimum Gasteiger partial charge on any atom is -0.481 e. The molecule has 1 saturated heterocycles. The molecule has 0 spiro atoms. The highest BCUT2D eigenvalue weighted by Gasteiger charge is 2.32. The van der Waals surface area contributed by atoms with Crippen molar-refractivity contribution in [1.82, 2.24) is 14.5 Å². The van der Waals surface area contributed by atoms with E-state index < -0.39 is 35.6 Å². The summed E-state index contributed by atoms with van der Waals surface area (Å²) < 4.78 is 0.863. The first-order valence-corrected chi connectivity index (χ1v) is 8.12. The number of carboxylic acid groups (broad SMARTS) is 1. The van der Waals surface area contributed by atoms with Crippen LogP contribution in [0.2, 0.25) is 0 Å². The van der Waals surface area contributed by atoms with Crippen molar-refractivity contribution in [2.45, 2.75) is 32.4 Å². The number of carboxylic acids is 1. The van der Waals surface area contributed by atoms with E-state index in [1.165, 1.54) is 4.90 Å². The van der Waals surface area contributed by atoms with E-state index in [9.17, 15) is 24.3 Å². The third-order valence-electron chi connectivity index (χ3n) is 4.73. The van der Waals surface area contributed by atoms with Crippen LogP contribution >= 0.6 is 0 Å². The molecule has 132 valence electrons. The number of hydrogen-bond acceptors (Lipinski definition) is 4. The minimum atomic E-state index is -0.939. The predicted molar refractivity (Wildman–Crippen MR) is 90.4 cm³/mol. The first-order chi connectivity index (χ1) is 11.9. The number of carbonyl (C=O) groups excluding carboxylic acids is 1. The Morgan fingerprint density at radius 1 is 1.24 bits per heavy atom. The number of aromatic amines is 1. The van der Waals surface area contributed by atoms with Gasteiger partial charge in [-0.2, -0.15) is 0 Å². The van der Waals surface area contributed by atoms with Gasteiger partial charge in [0.2, 0.25) is 5.91 Å². The molecule has 1 aromatic carbocycles. The summed E-state index contributed by atoms with van der Waals surface area (Å²) in [6, 6.07) is 6.46. The summed E-state index contributed by atoms with van der Waals surface area (Å²) in [6.45, 7) is 1.52. The van der Waals surface area contributed by atoms with Crippen molar-refractivity contribution >= 4 is 22.8 Å².